The summed E-state index contributed by atoms with van der Waals surface area (Å²) >= 11 is 0. The van der Waals surface area contributed by atoms with Crippen LogP contribution in [0.2, 0.25) is 0 Å². The van der Waals surface area contributed by atoms with Crippen LogP contribution in [0.4, 0.5) is 11.4 Å². The van der Waals surface area contributed by atoms with Gasteiger partial charge in [0.15, 0.2) is 0 Å². The first kappa shape index (κ1) is 18.1. The predicted molar refractivity (Wildman–Crippen MR) is 106 cm³/mol. The molecule has 0 amide bonds. The molecule has 0 spiro atoms. The molecular formula is C20H32N4O. The summed E-state index contributed by atoms with van der Waals surface area (Å²) < 4.78 is 5.42. The first-order valence-corrected chi connectivity index (χ1v) is 9.40. The zero-order chi connectivity index (χ0) is 17.8. The first-order chi connectivity index (χ1) is 12.1. The third-order valence-corrected chi connectivity index (χ3v) is 5.67. The number of likely N-dealkylation sites (N-methyl/N-ethyl adjacent to an activating group) is 1. The summed E-state index contributed by atoms with van der Waals surface area (Å²) in [5.74, 6) is 0.748. The SMILES string of the molecule is C=Cc1cc(N)c(OC)cc1N1CCC(N2CCCN(C)CC2)CC1. The summed E-state index contributed by atoms with van der Waals surface area (Å²) in [5.41, 5.74) is 9.00. The third kappa shape index (κ3) is 4.10. The van der Waals surface area contributed by atoms with E-state index in [1.54, 1.807) is 7.11 Å². The Morgan fingerprint density at radius 2 is 1.88 bits per heavy atom. The molecule has 3 rings (SSSR count). The van der Waals surface area contributed by atoms with Gasteiger partial charge in [-0.25, -0.2) is 0 Å². The van der Waals surface area contributed by atoms with E-state index < -0.39 is 0 Å². The van der Waals surface area contributed by atoms with E-state index in [9.17, 15) is 0 Å². The number of rotatable bonds is 4. The minimum atomic E-state index is 0.671. The maximum Gasteiger partial charge on any atom is 0.143 e. The third-order valence-electron chi connectivity index (χ3n) is 5.67. The van der Waals surface area contributed by atoms with Crippen molar-refractivity contribution in [1.82, 2.24) is 9.80 Å². The number of anilines is 2. The van der Waals surface area contributed by atoms with E-state index in [1.807, 2.05) is 12.1 Å². The highest BCUT2D eigenvalue weighted by Gasteiger charge is 2.26. The van der Waals surface area contributed by atoms with Crippen molar-refractivity contribution in [2.24, 2.45) is 0 Å². The van der Waals surface area contributed by atoms with E-state index in [2.05, 4.69) is 34.4 Å². The van der Waals surface area contributed by atoms with Gasteiger partial charge in [-0.1, -0.05) is 12.7 Å². The Hall–Kier alpha value is -1.72. The molecule has 138 valence electrons. The second kappa shape index (κ2) is 8.11. The van der Waals surface area contributed by atoms with Crippen LogP contribution in [-0.4, -0.2) is 69.3 Å². The average molecular weight is 345 g/mol. The van der Waals surface area contributed by atoms with Crippen LogP contribution in [0, 0.1) is 0 Å². The fourth-order valence-electron chi connectivity index (χ4n) is 4.12. The molecule has 0 aliphatic carbocycles. The van der Waals surface area contributed by atoms with Gasteiger partial charge in [0.05, 0.1) is 12.8 Å². The van der Waals surface area contributed by atoms with Gasteiger partial charge in [0.25, 0.3) is 0 Å². The van der Waals surface area contributed by atoms with Crippen molar-refractivity contribution in [3.63, 3.8) is 0 Å². The monoisotopic (exact) mass is 344 g/mol. The number of nitrogens with two attached hydrogens (primary N) is 1. The summed E-state index contributed by atoms with van der Waals surface area (Å²) in [5, 5.41) is 0. The lowest BCUT2D eigenvalue weighted by Crippen LogP contribution is -2.46. The number of piperidine rings is 1. The van der Waals surface area contributed by atoms with Gasteiger partial charge < -0.3 is 20.3 Å². The number of ether oxygens (including phenoxy) is 1. The lowest BCUT2D eigenvalue weighted by Gasteiger charge is -2.39. The Bertz CT molecular complexity index is 596. The van der Waals surface area contributed by atoms with Crippen molar-refractivity contribution < 1.29 is 4.74 Å². The molecular weight excluding hydrogens is 312 g/mol. The van der Waals surface area contributed by atoms with E-state index in [-0.39, 0.29) is 0 Å². The summed E-state index contributed by atoms with van der Waals surface area (Å²) in [4.78, 5) is 7.62. The number of hydrogen-bond acceptors (Lipinski definition) is 5. The first-order valence-electron chi connectivity index (χ1n) is 9.40. The minimum absolute atomic E-state index is 0.671. The van der Waals surface area contributed by atoms with Crippen molar-refractivity contribution in [2.45, 2.75) is 25.3 Å². The summed E-state index contributed by atoms with van der Waals surface area (Å²) in [6.45, 7) is 11.0. The van der Waals surface area contributed by atoms with E-state index >= 15 is 0 Å². The van der Waals surface area contributed by atoms with E-state index in [1.165, 1.54) is 51.1 Å². The Morgan fingerprint density at radius 3 is 2.56 bits per heavy atom. The fraction of sp³-hybridized carbons (Fsp3) is 0.600. The molecule has 2 aliphatic rings. The number of nitrogens with zero attached hydrogens (tertiary/aromatic N) is 3. The second-order valence-corrected chi connectivity index (χ2v) is 7.27. The van der Waals surface area contributed by atoms with Gasteiger partial charge in [-0.15, -0.1) is 0 Å². The molecule has 5 heteroatoms. The van der Waals surface area contributed by atoms with Crippen LogP contribution in [0.15, 0.2) is 18.7 Å². The average Bonchev–Trinajstić information content (AvgIpc) is 2.86. The molecule has 2 saturated heterocycles. The van der Waals surface area contributed by atoms with Gasteiger partial charge in [-0.2, -0.15) is 0 Å². The maximum absolute atomic E-state index is 6.05. The molecule has 1 aromatic carbocycles. The topological polar surface area (TPSA) is 45.0 Å². The van der Waals surface area contributed by atoms with Gasteiger partial charge in [0.1, 0.15) is 5.75 Å². The largest absolute Gasteiger partial charge is 0.495 e. The van der Waals surface area contributed by atoms with Crippen LogP contribution in [0.1, 0.15) is 24.8 Å². The summed E-state index contributed by atoms with van der Waals surface area (Å²) in [6, 6.07) is 4.75. The molecule has 0 unspecified atom stereocenters. The van der Waals surface area contributed by atoms with Crippen LogP contribution in [0.25, 0.3) is 6.08 Å². The summed E-state index contributed by atoms with van der Waals surface area (Å²) in [6.07, 6.45) is 5.61. The molecule has 2 fully saturated rings. The van der Waals surface area contributed by atoms with Gasteiger partial charge in [-0.05, 0) is 51.0 Å². The standard InChI is InChI=1S/C20H32N4O/c1-4-16-14-18(21)20(25-3)15-19(16)24-10-6-17(7-11-24)23-9-5-8-22(2)12-13-23/h4,14-15,17H,1,5-13,21H2,2-3H3. The quantitative estimate of drug-likeness (QED) is 0.851. The van der Waals surface area contributed by atoms with E-state index in [0.29, 0.717) is 11.7 Å². The van der Waals surface area contributed by atoms with Crippen molar-refractivity contribution in [1.29, 1.82) is 0 Å². The minimum Gasteiger partial charge on any atom is -0.495 e. The highest BCUT2D eigenvalue weighted by atomic mass is 16.5. The molecule has 0 atom stereocenters. The number of hydrogen-bond donors (Lipinski definition) is 1. The van der Waals surface area contributed by atoms with Crippen molar-refractivity contribution in [2.75, 3.05) is 64.1 Å². The lowest BCUT2D eigenvalue weighted by atomic mass is 10.0. The molecule has 0 saturated carbocycles. The smallest absolute Gasteiger partial charge is 0.143 e. The summed E-state index contributed by atoms with van der Waals surface area (Å²) in [7, 11) is 3.91. The van der Waals surface area contributed by atoms with Crippen LogP contribution in [-0.2, 0) is 0 Å². The number of benzene rings is 1. The van der Waals surface area contributed by atoms with E-state index in [4.69, 9.17) is 10.5 Å². The van der Waals surface area contributed by atoms with Crippen LogP contribution < -0.4 is 15.4 Å². The lowest BCUT2D eigenvalue weighted by molar-refractivity contribution is 0.174. The van der Waals surface area contributed by atoms with Crippen LogP contribution in [0.3, 0.4) is 0 Å². The van der Waals surface area contributed by atoms with Crippen molar-refractivity contribution in [3.05, 3.63) is 24.3 Å². The molecule has 1 aromatic rings. The Morgan fingerprint density at radius 1 is 1.12 bits per heavy atom. The van der Waals surface area contributed by atoms with Gasteiger partial charge in [0, 0.05) is 44.0 Å². The van der Waals surface area contributed by atoms with Crippen molar-refractivity contribution >= 4 is 17.5 Å². The van der Waals surface area contributed by atoms with Crippen molar-refractivity contribution in [3.8, 4) is 5.75 Å². The molecule has 5 nitrogen and oxygen atoms in total. The Kier molecular flexibility index (Phi) is 5.86. The molecule has 0 radical (unpaired) electrons. The van der Waals surface area contributed by atoms with Gasteiger partial charge in [0.2, 0.25) is 0 Å². The van der Waals surface area contributed by atoms with E-state index in [0.717, 1.165) is 24.4 Å². The highest BCUT2D eigenvalue weighted by molar-refractivity contribution is 5.75. The molecule has 2 heterocycles. The Labute approximate surface area is 152 Å². The normalized spacial score (nSPS) is 21.1. The zero-order valence-corrected chi connectivity index (χ0v) is 15.7. The number of methoxy groups -OCH3 is 1. The second-order valence-electron chi connectivity index (χ2n) is 7.27. The molecule has 0 bridgehead atoms. The van der Waals surface area contributed by atoms with Gasteiger partial charge in [-0.3, -0.25) is 4.90 Å². The van der Waals surface area contributed by atoms with Crippen LogP contribution in [0.5, 0.6) is 5.75 Å². The van der Waals surface area contributed by atoms with Gasteiger partial charge >= 0.3 is 0 Å². The molecule has 2 aliphatic heterocycles. The van der Waals surface area contributed by atoms with Crippen LogP contribution >= 0.6 is 0 Å². The Balaban J connectivity index is 1.67. The maximum atomic E-state index is 6.05. The fourth-order valence-corrected chi connectivity index (χ4v) is 4.12. The zero-order valence-electron chi connectivity index (χ0n) is 15.7. The highest BCUT2D eigenvalue weighted by Crippen LogP contribution is 2.34. The molecule has 2 N–H and O–H groups in total. The number of nitrogen functional groups attached to an aromatic ring is 1. The molecule has 0 aromatic heterocycles. The predicted octanol–water partition coefficient (Wildman–Crippen LogP) is 2.53. The molecule has 25 heavy (non-hydrogen) atoms.